The molecule has 1 aromatic heterocycles. The van der Waals surface area contributed by atoms with Gasteiger partial charge in [0.2, 0.25) is 0 Å². The summed E-state index contributed by atoms with van der Waals surface area (Å²) in [5.74, 6) is -0.358. The lowest BCUT2D eigenvalue weighted by Gasteiger charge is -2.34. The minimum atomic E-state index is -0.524. The third-order valence-electron chi connectivity index (χ3n) is 6.32. The van der Waals surface area contributed by atoms with Crippen molar-refractivity contribution < 1.29 is 8.78 Å². The van der Waals surface area contributed by atoms with Crippen molar-refractivity contribution in [3.05, 3.63) is 86.1 Å². The van der Waals surface area contributed by atoms with Crippen molar-refractivity contribution in [2.75, 3.05) is 18.0 Å². The molecule has 0 unspecified atom stereocenters. The molecular formula is C23H26B2F2N4O2. The highest BCUT2D eigenvalue weighted by Crippen LogP contribution is 2.18. The summed E-state index contributed by atoms with van der Waals surface area (Å²) in [7, 11) is 3.65. The van der Waals surface area contributed by atoms with Gasteiger partial charge in [0.05, 0.1) is 13.1 Å². The second kappa shape index (κ2) is 9.39. The smallest absolute Gasteiger partial charge is 0.333 e. The van der Waals surface area contributed by atoms with E-state index in [4.69, 9.17) is 5.73 Å². The summed E-state index contributed by atoms with van der Waals surface area (Å²) in [6.07, 6.45) is 1.72. The van der Waals surface area contributed by atoms with Crippen LogP contribution in [0.3, 0.4) is 0 Å². The third-order valence-corrected chi connectivity index (χ3v) is 6.32. The highest BCUT2D eigenvalue weighted by atomic mass is 19.1. The first kappa shape index (κ1) is 23.0. The van der Waals surface area contributed by atoms with Gasteiger partial charge in [-0.15, -0.1) is 0 Å². The zero-order chi connectivity index (χ0) is 23.7. The van der Waals surface area contributed by atoms with Crippen LogP contribution in [0.2, 0.25) is 0 Å². The van der Waals surface area contributed by atoms with Gasteiger partial charge in [0.15, 0.2) is 0 Å². The van der Waals surface area contributed by atoms with Gasteiger partial charge in [-0.3, -0.25) is 13.9 Å². The Morgan fingerprint density at radius 1 is 0.909 bits per heavy atom. The minimum absolute atomic E-state index is 0.0524. The summed E-state index contributed by atoms with van der Waals surface area (Å²) >= 11 is 0. The number of anilines is 1. The zero-order valence-electron chi connectivity index (χ0n) is 18.9. The van der Waals surface area contributed by atoms with E-state index in [1.165, 1.54) is 34.9 Å². The van der Waals surface area contributed by atoms with E-state index in [1.807, 2.05) is 12.7 Å². The molecule has 6 nitrogen and oxygen atoms in total. The molecule has 33 heavy (non-hydrogen) atoms. The second-order valence-electron chi connectivity index (χ2n) is 8.79. The van der Waals surface area contributed by atoms with Crippen LogP contribution in [-0.2, 0) is 13.1 Å². The first-order valence-electron chi connectivity index (χ1n) is 11.1. The molecule has 2 heterocycles. The van der Waals surface area contributed by atoms with Gasteiger partial charge in [0.25, 0.3) is 5.56 Å². The monoisotopic (exact) mass is 450 g/mol. The van der Waals surface area contributed by atoms with Crippen LogP contribution in [0.25, 0.3) is 0 Å². The molecule has 0 bridgehead atoms. The summed E-state index contributed by atoms with van der Waals surface area (Å²) in [6, 6.07) is 10.1. The molecular weight excluding hydrogens is 424 g/mol. The van der Waals surface area contributed by atoms with Crippen LogP contribution in [0.15, 0.2) is 52.1 Å². The Hall–Kier alpha value is -3.13. The number of piperidine rings is 1. The Kier molecular flexibility index (Phi) is 6.56. The molecule has 0 spiro atoms. The Morgan fingerprint density at radius 2 is 1.48 bits per heavy atom. The first-order valence-corrected chi connectivity index (χ1v) is 11.1. The lowest BCUT2D eigenvalue weighted by Crippen LogP contribution is -2.48. The molecule has 2 N–H and O–H groups in total. The zero-order valence-corrected chi connectivity index (χ0v) is 18.9. The number of aromatic nitrogens is 2. The maximum absolute atomic E-state index is 14.0. The molecule has 1 saturated heterocycles. The SMILES string of the molecule is Bc1ccc(F)cc1Cn1c(N2CCC[C@@H](N)C2)cc(=O)n(Cc2cc(F)ccc2B)c1=O. The van der Waals surface area contributed by atoms with Gasteiger partial charge in [-0.05, 0) is 48.2 Å². The van der Waals surface area contributed by atoms with Crippen molar-refractivity contribution in [3.8, 4) is 0 Å². The van der Waals surface area contributed by atoms with E-state index < -0.39 is 22.9 Å². The average Bonchev–Trinajstić information content (AvgIpc) is 2.77. The van der Waals surface area contributed by atoms with E-state index in [0.717, 1.165) is 28.3 Å². The number of nitrogens with two attached hydrogens (primary N) is 1. The molecule has 10 heteroatoms. The van der Waals surface area contributed by atoms with Crippen molar-refractivity contribution >= 4 is 32.4 Å². The van der Waals surface area contributed by atoms with Gasteiger partial charge in [-0.1, -0.05) is 23.1 Å². The van der Waals surface area contributed by atoms with Crippen molar-refractivity contribution in [2.24, 2.45) is 5.73 Å². The minimum Gasteiger partial charge on any atom is -0.356 e. The number of hydrogen-bond donors (Lipinski definition) is 1. The third kappa shape index (κ3) is 4.95. The van der Waals surface area contributed by atoms with Crippen molar-refractivity contribution in [1.82, 2.24) is 9.13 Å². The van der Waals surface area contributed by atoms with Crippen LogP contribution < -0.4 is 32.8 Å². The van der Waals surface area contributed by atoms with Crippen LogP contribution in [0, 0.1) is 11.6 Å². The normalized spacial score (nSPS) is 16.2. The predicted molar refractivity (Wildman–Crippen MR) is 132 cm³/mol. The fourth-order valence-corrected chi connectivity index (χ4v) is 4.34. The van der Waals surface area contributed by atoms with E-state index >= 15 is 0 Å². The van der Waals surface area contributed by atoms with Crippen LogP contribution in [0.1, 0.15) is 24.0 Å². The van der Waals surface area contributed by atoms with Gasteiger partial charge in [-0.25, -0.2) is 13.6 Å². The Morgan fingerprint density at radius 3 is 2.06 bits per heavy atom. The fraction of sp³-hybridized carbons (Fsp3) is 0.304. The molecule has 1 aliphatic rings. The van der Waals surface area contributed by atoms with Gasteiger partial charge in [0, 0.05) is 25.2 Å². The van der Waals surface area contributed by atoms with Gasteiger partial charge < -0.3 is 10.6 Å². The Bertz CT molecular complexity index is 1310. The van der Waals surface area contributed by atoms with Crippen molar-refractivity contribution in [1.29, 1.82) is 0 Å². The van der Waals surface area contributed by atoms with E-state index in [2.05, 4.69) is 0 Å². The number of hydrogen-bond acceptors (Lipinski definition) is 4. The Labute approximate surface area is 192 Å². The van der Waals surface area contributed by atoms with Crippen LogP contribution >= 0.6 is 0 Å². The topological polar surface area (TPSA) is 73.3 Å². The quantitative estimate of drug-likeness (QED) is 0.498. The van der Waals surface area contributed by atoms with Gasteiger partial charge in [-0.2, -0.15) is 0 Å². The molecule has 0 amide bonds. The van der Waals surface area contributed by atoms with Crippen LogP contribution in [-0.4, -0.2) is 44.0 Å². The van der Waals surface area contributed by atoms with Crippen molar-refractivity contribution in [2.45, 2.75) is 32.0 Å². The Balaban J connectivity index is 1.85. The largest absolute Gasteiger partial charge is 0.356 e. The highest BCUT2D eigenvalue weighted by molar-refractivity contribution is 6.33. The number of rotatable bonds is 5. The van der Waals surface area contributed by atoms with E-state index in [0.29, 0.717) is 30.0 Å². The highest BCUT2D eigenvalue weighted by Gasteiger charge is 2.23. The fourth-order valence-electron chi connectivity index (χ4n) is 4.34. The predicted octanol–water partition coefficient (Wildman–Crippen LogP) is -1.17. The van der Waals surface area contributed by atoms with E-state index in [-0.39, 0.29) is 19.1 Å². The summed E-state index contributed by atoms with van der Waals surface area (Å²) in [5.41, 5.74) is 7.97. The lowest BCUT2D eigenvalue weighted by atomic mass is 9.90. The maximum atomic E-state index is 14.0. The van der Waals surface area contributed by atoms with Crippen LogP contribution in [0.5, 0.6) is 0 Å². The number of nitrogens with zero attached hydrogens (tertiary/aromatic N) is 3. The maximum Gasteiger partial charge on any atom is 0.333 e. The first-order chi connectivity index (χ1) is 15.7. The molecule has 4 rings (SSSR count). The molecule has 170 valence electrons. The van der Waals surface area contributed by atoms with E-state index in [9.17, 15) is 18.4 Å². The molecule has 0 radical (unpaired) electrons. The molecule has 1 aliphatic heterocycles. The second-order valence-corrected chi connectivity index (χ2v) is 8.79. The van der Waals surface area contributed by atoms with E-state index in [1.54, 1.807) is 20.0 Å². The molecule has 3 aromatic rings. The van der Waals surface area contributed by atoms with Gasteiger partial charge in [0.1, 0.15) is 33.1 Å². The molecule has 0 saturated carbocycles. The molecule has 0 aliphatic carbocycles. The number of halogens is 2. The summed E-state index contributed by atoms with van der Waals surface area (Å²) in [5, 5.41) is 0. The van der Waals surface area contributed by atoms with Gasteiger partial charge >= 0.3 is 5.69 Å². The average molecular weight is 450 g/mol. The molecule has 2 aromatic carbocycles. The van der Waals surface area contributed by atoms with Crippen LogP contribution in [0.4, 0.5) is 14.6 Å². The standard InChI is InChI=1S/C23H26B2F2N4O2/c24-19-5-3-16(26)8-14(19)11-30-21(29-7-1-2-18(28)13-29)10-22(32)31(23(30)33)12-15-9-17(27)4-6-20(15)25/h3-6,8-10,18H,1-2,7,11-13,24-25,28H2/t18-/m1/s1. The number of benzene rings is 2. The molecule has 1 fully saturated rings. The molecule has 1 atom stereocenters. The lowest BCUT2D eigenvalue weighted by molar-refractivity contribution is 0.490. The summed E-state index contributed by atoms with van der Waals surface area (Å²) < 4.78 is 30.4. The summed E-state index contributed by atoms with van der Waals surface area (Å²) in [6.45, 7) is 1.24. The van der Waals surface area contributed by atoms with Crippen molar-refractivity contribution in [3.63, 3.8) is 0 Å². The summed E-state index contributed by atoms with van der Waals surface area (Å²) in [4.78, 5) is 28.6.